The van der Waals surface area contributed by atoms with Gasteiger partial charge in [0.25, 0.3) is 0 Å². The molecule has 0 radical (unpaired) electrons. The van der Waals surface area contributed by atoms with E-state index in [0.717, 1.165) is 6.54 Å². The van der Waals surface area contributed by atoms with Crippen molar-refractivity contribution in [2.45, 2.75) is 33.0 Å². The molecule has 0 aliphatic heterocycles. The molecular formula is C14H23NSSi. The second kappa shape index (κ2) is 7.02. The van der Waals surface area contributed by atoms with Crippen molar-refractivity contribution in [1.29, 1.82) is 0 Å². The first-order valence-electron chi connectivity index (χ1n) is 6.18. The van der Waals surface area contributed by atoms with Crippen LogP contribution in [0.2, 0.25) is 19.6 Å². The molecule has 0 saturated heterocycles. The highest BCUT2D eigenvalue weighted by Crippen LogP contribution is 2.19. The number of aliphatic imine (C=N–C) groups is 1. The maximum Gasteiger partial charge on any atom is 0.108 e. The summed E-state index contributed by atoms with van der Waals surface area (Å²) in [4.78, 5) is 4.48. The van der Waals surface area contributed by atoms with E-state index < -0.39 is 7.22 Å². The van der Waals surface area contributed by atoms with Crippen LogP contribution in [0.3, 0.4) is 0 Å². The van der Waals surface area contributed by atoms with Crippen molar-refractivity contribution < 1.29 is 0 Å². The Morgan fingerprint density at radius 1 is 1.29 bits per heavy atom. The summed E-state index contributed by atoms with van der Waals surface area (Å²) < 4.78 is 0. The summed E-state index contributed by atoms with van der Waals surface area (Å²) in [5.41, 5.74) is 2.51. The monoisotopic (exact) mass is 265 g/mol. The van der Waals surface area contributed by atoms with Gasteiger partial charge in [-0.3, -0.25) is 4.99 Å². The predicted molar refractivity (Wildman–Crippen MR) is 84.1 cm³/mol. The van der Waals surface area contributed by atoms with Crippen LogP contribution in [-0.4, -0.2) is 25.7 Å². The average molecular weight is 265 g/mol. The molecule has 0 N–H and O–H groups in total. The van der Waals surface area contributed by atoms with Crippen molar-refractivity contribution in [2.75, 3.05) is 12.3 Å². The van der Waals surface area contributed by atoms with Gasteiger partial charge in [0.15, 0.2) is 0 Å². The quantitative estimate of drug-likeness (QED) is 0.422. The number of rotatable bonds is 6. The number of benzene rings is 1. The molecule has 0 aliphatic rings. The van der Waals surface area contributed by atoms with Crippen molar-refractivity contribution in [2.24, 2.45) is 4.99 Å². The van der Waals surface area contributed by atoms with E-state index in [1.54, 1.807) is 0 Å². The van der Waals surface area contributed by atoms with E-state index in [-0.39, 0.29) is 0 Å². The summed E-state index contributed by atoms with van der Waals surface area (Å²) in [6.45, 7) is 10.3. The highest BCUT2D eigenvalue weighted by Gasteiger charge is 2.12. The van der Waals surface area contributed by atoms with Crippen LogP contribution < -0.4 is 0 Å². The molecule has 1 nitrogen and oxygen atoms in total. The minimum atomic E-state index is -0.924. The predicted octanol–water partition coefficient (Wildman–Crippen LogP) is 4.37. The van der Waals surface area contributed by atoms with Gasteiger partial charge in [0.05, 0.1) is 0 Å². The number of nitrogens with zero attached hydrogens (tertiary/aromatic N) is 1. The smallest absolute Gasteiger partial charge is 0.108 e. The molecule has 0 unspecified atom stereocenters. The fourth-order valence-corrected chi connectivity index (χ4v) is 4.61. The first-order valence-corrected chi connectivity index (χ1v) is 11.4. The van der Waals surface area contributed by atoms with Gasteiger partial charge in [0.2, 0.25) is 0 Å². The molecule has 94 valence electrons. The third-order valence-corrected chi connectivity index (χ3v) is 6.82. The third kappa shape index (κ3) is 7.39. The summed E-state index contributed by atoms with van der Waals surface area (Å²) in [5, 5.41) is 0. The molecule has 0 aromatic heterocycles. The molecule has 0 fully saturated rings. The van der Waals surface area contributed by atoms with E-state index in [0.29, 0.717) is 0 Å². The van der Waals surface area contributed by atoms with Crippen molar-refractivity contribution >= 4 is 24.6 Å². The van der Waals surface area contributed by atoms with Crippen molar-refractivity contribution in [3.05, 3.63) is 35.4 Å². The van der Waals surface area contributed by atoms with E-state index in [4.69, 9.17) is 0 Å². The standard InChI is InChI=1S/C14H23NSSi/c1-13-7-5-8-14(11-13)12-15-9-6-10-16-17(2,3)4/h5,7-8,11-12H,6,9-10H2,1-4H3. The zero-order valence-electron chi connectivity index (χ0n) is 11.4. The molecule has 1 aromatic rings. The van der Waals surface area contributed by atoms with Gasteiger partial charge in [0, 0.05) is 12.8 Å². The first kappa shape index (κ1) is 14.5. The molecule has 0 amide bonds. The Labute approximate surface area is 110 Å². The Balaban J connectivity index is 2.23. The normalized spacial score (nSPS) is 12.2. The van der Waals surface area contributed by atoms with Gasteiger partial charge >= 0.3 is 0 Å². The van der Waals surface area contributed by atoms with E-state index in [9.17, 15) is 0 Å². The number of hydrogen-bond donors (Lipinski definition) is 0. The fraction of sp³-hybridized carbons (Fsp3) is 0.500. The highest BCUT2D eigenvalue weighted by molar-refractivity contribution is 8.28. The van der Waals surface area contributed by atoms with Gasteiger partial charge < -0.3 is 0 Å². The molecule has 3 heteroatoms. The van der Waals surface area contributed by atoms with Gasteiger partial charge in [-0.25, -0.2) is 0 Å². The Kier molecular flexibility index (Phi) is 5.99. The zero-order chi connectivity index (χ0) is 12.7. The molecule has 0 bridgehead atoms. The van der Waals surface area contributed by atoms with E-state index in [1.807, 2.05) is 6.21 Å². The molecule has 0 heterocycles. The van der Waals surface area contributed by atoms with Crippen LogP contribution in [0.1, 0.15) is 17.5 Å². The summed E-state index contributed by atoms with van der Waals surface area (Å²) in [6, 6.07) is 8.47. The van der Waals surface area contributed by atoms with Gasteiger partial charge in [-0.05, 0) is 24.7 Å². The van der Waals surface area contributed by atoms with Crippen molar-refractivity contribution in [3.8, 4) is 0 Å². The Bertz CT molecular complexity index is 369. The Morgan fingerprint density at radius 2 is 2.06 bits per heavy atom. The van der Waals surface area contributed by atoms with Crippen LogP contribution in [0.4, 0.5) is 0 Å². The number of hydrogen-bond acceptors (Lipinski definition) is 2. The molecule has 1 rings (SSSR count). The van der Waals surface area contributed by atoms with E-state index >= 15 is 0 Å². The maximum atomic E-state index is 4.48. The van der Waals surface area contributed by atoms with E-state index in [2.05, 4.69) is 67.0 Å². The summed E-state index contributed by atoms with van der Waals surface area (Å²) >= 11 is 2.15. The minimum Gasteiger partial charge on any atom is -0.293 e. The molecule has 0 aliphatic carbocycles. The van der Waals surface area contributed by atoms with Crippen LogP contribution in [0.25, 0.3) is 0 Å². The summed E-state index contributed by atoms with van der Waals surface area (Å²) in [7, 11) is -0.924. The molecule has 0 spiro atoms. The third-order valence-electron chi connectivity index (χ3n) is 2.25. The fourth-order valence-electron chi connectivity index (χ4n) is 1.45. The van der Waals surface area contributed by atoms with Crippen LogP contribution >= 0.6 is 11.2 Å². The lowest BCUT2D eigenvalue weighted by molar-refractivity contribution is 0.950. The van der Waals surface area contributed by atoms with Gasteiger partial charge in [-0.15, -0.1) is 0 Å². The SMILES string of the molecule is Cc1cccc(C=NCCCS[Si](C)(C)C)c1. The minimum absolute atomic E-state index is 0.924. The summed E-state index contributed by atoms with van der Waals surface area (Å²) in [6.07, 6.45) is 3.18. The van der Waals surface area contributed by atoms with Gasteiger partial charge in [-0.1, -0.05) is 49.5 Å². The lowest BCUT2D eigenvalue weighted by atomic mass is 10.2. The second-order valence-corrected chi connectivity index (χ2v) is 14.7. The number of aryl methyl sites for hydroxylation is 1. The largest absolute Gasteiger partial charge is 0.293 e. The van der Waals surface area contributed by atoms with Crippen LogP contribution in [0.5, 0.6) is 0 Å². The van der Waals surface area contributed by atoms with Crippen molar-refractivity contribution in [3.63, 3.8) is 0 Å². The first-order chi connectivity index (χ1) is 7.97. The van der Waals surface area contributed by atoms with Crippen molar-refractivity contribution in [1.82, 2.24) is 0 Å². The highest BCUT2D eigenvalue weighted by atomic mass is 32.4. The average Bonchev–Trinajstić information content (AvgIpc) is 2.22. The molecule has 0 atom stereocenters. The summed E-state index contributed by atoms with van der Waals surface area (Å²) in [5.74, 6) is 1.25. The molecule has 0 saturated carbocycles. The van der Waals surface area contributed by atoms with Gasteiger partial charge in [-0.2, -0.15) is 11.2 Å². The van der Waals surface area contributed by atoms with Crippen LogP contribution in [-0.2, 0) is 0 Å². The zero-order valence-corrected chi connectivity index (χ0v) is 13.2. The molecule has 1 aromatic carbocycles. The second-order valence-electron chi connectivity index (χ2n) is 5.26. The molecular weight excluding hydrogens is 242 g/mol. The Morgan fingerprint density at radius 3 is 2.71 bits per heavy atom. The molecule has 17 heavy (non-hydrogen) atoms. The van der Waals surface area contributed by atoms with Crippen LogP contribution in [0, 0.1) is 6.92 Å². The lowest BCUT2D eigenvalue weighted by Crippen LogP contribution is -2.14. The maximum absolute atomic E-state index is 4.48. The Hall–Kier alpha value is -0.543. The van der Waals surface area contributed by atoms with Crippen LogP contribution in [0.15, 0.2) is 29.3 Å². The lowest BCUT2D eigenvalue weighted by Gasteiger charge is -2.13. The van der Waals surface area contributed by atoms with Gasteiger partial charge in [0.1, 0.15) is 7.22 Å². The van der Waals surface area contributed by atoms with E-state index in [1.165, 1.54) is 23.3 Å². The topological polar surface area (TPSA) is 12.4 Å².